The van der Waals surface area contributed by atoms with Crippen molar-refractivity contribution in [3.63, 3.8) is 0 Å². The number of imidazole rings is 1. The number of halogens is 1. The van der Waals surface area contributed by atoms with Crippen LogP contribution in [-0.2, 0) is 4.79 Å². The molecule has 0 fully saturated rings. The molecule has 0 spiro atoms. The SMILES string of the molecule is Cc1cc(Cl)ccc1OCC(=O)N[C@@H](C)c1ccc(-n2ccnc2)cc1. The summed E-state index contributed by atoms with van der Waals surface area (Å²) in [5, 5.41) is 3.59. The minimum Gasteiger partial charge on any atom is -0.484 e. The highest BCUT2D eigenvalue weighted by Crippen LogP contribution is 2.22. The van der Waals surface area contributed by atoms with Crippen LogP contribution in [0.2, 0.25) is 5.02 Å². The molecule has 1 atom stereocenters. The molecule has 134 valence electrons. The molecule has 0 aliphatic rings. The Morgan fingerprint density at radius 1 is 1.27 bits per heavy atom. The summed E-state index contributed by atoms with van der Waals surface area (Å²) < 4.78 is 7.50. The lowest BCUT2D eigenvalue weighted by Crippen LogP contribution is -2.31. The van der Waals surface area contributed by atoms with Crippen molar-refractivity contribution >= 4 is 17.5 Å². The fourth-order valence-corrected chi connectivity index (χ4v) is 2.86. The first-order valence-electron chi connectivity index (χ1n) is 8.29. The van der Waals surface area contributed by atoms with Crippen LogP contribution in [0.5, 0.6) is 5.75 Å². The Balaban J connectivity index is 1.55. The quantitative estimate of drug-likeness (QED) is 0.712. The van der Waals surface area contributed by atoms with Crippen molar-refractivity contribution < 1.29 is 9.53 Å². The number of amides is 1. The van der Waals surface area contributed by atoms with Crippen molar-refractivity contribution in [2.75, 3.05) is 6.61 Å². The van der Waals surface area contributed by atoms with Crippen LogP contribution < -0.4 is 10.1 Å². The average Bonchev–Trinajstić information content (AvgIpc) is 3.16. The van der Waals surface area contributed by atoms with Crippen LogP contribution >= 0.6 is 11.6 Å². The lowest BCUT2D eigenvalue weighted by atomic mass is 10.1. The van der Waals surface area contributed by atoms with Gasteiger partial charge in [0.2, 0.25) is 0 Å². The molecule has 6 heteroatoms. The summed E-state index contributed by atoms with van der Waals surface area (Å²) in [6.45, 7) is 3.79. The Morgan fingerprint density at radius 2 is 2.04 bits per heavy atom. The number of rotatable bonds is 6. The molecule has 3 rings (SSSR count). The van der Waals surface area contributed by atoms with Crippen LogP contribution in [0.4, 0.5) is 0 Å². The van der Waals surface area contributed by atoms with E-state index in [1.54, 1.807) is 30.7 Å². The highest BCUT2D eigenvalue weighted by atomic mass is 35.5. The van der Waals surface area contributed by atoms with Crippen LogP contribution in [0.15, 0.2) is 61.2 Å². The molecule has 3 aromatic rings. The second-order valence-electron chi connectivity index (χ2n) is 6.05. The molecule has 0 aliphatic heterocycles. The van der Waals surface area contributed by atoms with Crippen LogP contribution in [0.3, 0.4) is 0 Å². The van der Waals surface area contributed by atoms with Crippen LogP contribution in [0.1, 0.15) is 24.1 Å². The number of nitrogens with zero attached hydrogens (tertiary/aromatic N) is 2. The predicted molar refractivity (Wildman–Crippen MR) is 102 cm³/mol. The zero-order chi connectivity index (χ0) is 18.5. The maximum absolute atomic E-state index is 12.2. The summed E-state index contributed by atoms with van der Waals surface area (Å²) in [6.07, 6.45) is 5.37. The first-order valence-corrected chi connectivity index (χ1v) is 8.67. The Kier molecular flexibility index (Phi) is 5.58. The van der Waals surface area contributed by atoms with Gasteiger partial charge in [-0.15, -0.1) is 0 Å². The van der Waals surface area contributed by atoms with Gasteiger partial charge in [-0.25, -0.2) is 4.98 Å². The number of aromatic nitrogens is 2. The second-order valence-corrected chi connectivity index (χ2v) is 6.49. The molecule has 1 heterocycles. The van der Waals surface area contributed by atoms with Gasteiger partial charge in [0, 0.05) is 23.1 Å². The molecule has 26 heavy (non-hydrogen) atoms. The largest absolute Gasteiger partial charge is 0.484 e. The van der Waals surface area contributed by atoms with Gasteiger partial charge in [-0.3, -0.25) is 4.79 Å². The van der Waals surface area contributed by atoms with Gasteiger partial charge < -0.3 is 14.6 Å². The van der Waals surface area contributed by atoms with E-state index < -0.39 is 0 Å². The van der Waals surface area contributed by atoms with Crippen LogP contribution in [0, 0.1) is 6.92 Å². The van der Waals surface area contributed by atoms with E-state index in [-0.39, 0.29) is 18.6 Å². The third-order valence-electron chi connectivity index (χ3n) is 4.07. The van der Waals surface area contributed by atoms with E-state index in [1.165, 1.54) is 0 Å². The van der Waals surface area contributed by atoms with Gasteiger partial charge in [-0.1, -0.05) is 23.7 Å². The molecule has 1 aromatic heterocycles. The van der Waals surface area contributed by atoms with E-state index in [0.29, 0.717) is 10.8 Å². The minimum atomic E-state index is -0.175. The standard InChI is InChI=1S/C20H20ClN3O2/c1-14-11-17(21)5-8-19(14)26-12-20(25)23-15(2)16-3-6-18(7-4-16)24-10-9-22-13-24/h3-11,13,15H,12H2,1-2H3,(H,23,25)/t15-/m0/s1. The van der Waals surface area contributed by atoms with E-state index in [9.17, 15) is 4.79 Å². The first-order chi connectivity index (χ1) is 12.5. The molecule has 0 unspecified atom stereocenters. The Labute approximate surface area is 157 Å². The molecular weight excluding hydrogens is 350 g/mol. The summed E-state index contributed by atoms with van der Waals surface area (Å²) in [7, 11) is 0. The Bertz CT molecular complexity index is 877. The normalized spacial score (nSPS) is 11.8. The summed E-state index contributed by atoms with van der Waals surface area (Å²) in [6, 6.07) is 13.2. The lowest BCUT2D eigenvalue weighted by Gasteiger charge is -2.16. The molecule has 1 amide bonds. The van der Waals surface area contributed by atoms with Gasteiger partial charge in [-0.2, -0.15) is 0 Å². The van der Waals surface area contributed by atoms with E-state index in [0.717, 1.165) is 16.8 Å². The number of carbonyl (C=O) groups excluding carboxylic acids is 1. The summed E-state index contributed by atoms with van der Waals surface area (Å²) in [4.78, 5) is 16.2. The Morgan fingerprint density at radius 3 is 2.69 bits per heavy atom. The maximum Gasteiger partial charge on any atom is 0.258 e. The van der Waals surface area contributed by atoms with E-state index in [4.69, 9.17) is 16.3 Å². The molecule has 0 radical (unpaired) electrons. The van der Waals surface area contributed by atoms with Gasteiger partial charge >= 0.3 is 0 Å². The van der Waals surface area contributed by atoms with Crippen molar-refractivity contribution in [2.45, 2.75) is 19.9 Å². The fraction of sp³-hybridized carbons (Fsp3) is 0.200. The molecule has 0 aliphatic carbocycles. The van der Waals surface area contributed by atoms with Gasteiger partial charge in [0.05, 0.1) is 12.4 Å². The zero-order valence-electron chi connectivity index (χ0n) is 14.6. The van der Waals surface area contributed by atoms with Gasteiger partial charge in [-0.05, 0) is 55.3 Å². The maximum atomic E-state index is 12.2. The number of hydrogen-bond donors (Lipinski definition) is 1. The predicted octanol–water partition coefficient (Wildman–Crippen LogP) is 4.09. The van der Waals surface area contributed by atoms with Crippen molar-refractivity contribution in [2.24, 2.45) is 0 Å². The van der Waals surface area contributed by atoms with E-state index in [1.807, 2.05) is 48.9 Å². The van der Waals surface area contributed by atoms with Crippen LogP contribution in [0.25, 0.3) is 5.69 Å². The fourth-order valence-electron chi connectivity index (χ4n) is 2.63. The highest BCUT2D eigenvalue weighted by molar-refractivity contribution is 6.30. The number of nitrogens with one attached hydrogen (secondary N) is 1. The third-order valence-corrected chi connectivity index (χ3v) is 4.30. The molecule has 2 aromatic carbocycles. The molecule has 0 saturated heterocycles. The zero-order valence-corrected chi connectivity index (χ0v) is 15.4. The van der Waals surface area contributed by atoms with Crippen molar-refractivity contribution in [3.05, 3.63) is 77.3 Å². The molecule has 5 nitrogen and oxygen atoms in total. The van der Waals surface area contributed by atoms with Crippen LogP contribution in [-0.4, -0.2) is 22.1 Å². The number of benzene rings is 2. The topological polar surface area (TPSA) is 56.1 Å². The minimum absolute atomic E-state index is 0.0417. The summed E-state index contributed by atoms with van der Waals surface area (Å²) in [5.74, 6) is 0.479. The van der Waals surface area contributed by atoms with Crippen molar-refractivity contribution in [1.82, 2.24) is 14.9 Å². The Hall–Kier alpha value is -2.79. The second kappa shape index (κ2) is 8.06. The number of aryl methyl sites for hydroxylation is 1. The number of ether oxygens (including phenoxy) is 1. The summed E-state index contributed by atoms with van der Waals surface area (Å²) in [5.41, 5.74) is 2.93. The highest BCUT2D eigenvalue weighted by Gasteiger charge is 2.11. The van der Waals surface area contributed by atoms with E-state index in [2.05, 4.69) is 10.3 Å². The smallest absolute Gasteiger partial charge is 0.258 e. The van der Waals surface area contributed by atoms with Gasteiger partial charge in [0.1, 0.15) is 5.75 Å². The monoisotopic (exact) mass is 369 g/mol. The lowest BCUT2D eigenvalue weighted by molar-refractivity contribution is -0.123. The van der Waals surface area contributed by atoms with E-state index >= 15 is 0 Å². The third kappa shape index (κ3) is 4.43. The number of carbonyl (C=O) groups is 1. The van der Waals surface area contributed by atoms with Gasteiger partial charge in [0.15, 0.2) is 6.61 Å². The molecule has 0 saturated carbocycles. The number of hydrogen-bond acceptors (Lipinski definition) is 3. The van der Waals surface area contributed by atoms with Crippen molar-refractivity contribution in [3.8, 4) is 11.4 Å². The molecule has 1 N–H and O–H groups in total. The average molecular weight is 370 g/mol. The first kappa shape index (κ1) is 18.0. The molecule has 0 bridgehead atoms. The summed E-state index contributed by atoms with van der Waals surface area (Å²) >= 11 is 5.92. The van der Waals surface area contributed by atoms with Crippen molar-refractivity contribution in [1.29, 1.82) is 0 Å². The molecular formula is C20H20ClN3O2. The van der Waals surface area contributed by atoms with Gasteiger partial charge in [0.25, 0.3) is 5.91 Å².